The summed E-state index contributed by atoms with van der Waals surface area (Å²) in [6, 6.07) is 1.80. The van der Waals surface area contributed by atoms with E-state index in [0.29, 0.717) is 30.6 Å². The van der Waals surface area contributed by atoms with Crippen LogP contribution in [0.3, 0.4) is 0 Å². The molecule has 2 aliphatic rings. The summed E-state index contributed by atoms with van der Waals surface area (Å²) in [7, 11) is 5.95. The Morgan fingerprint density at radius 3 is 2.39 bits per heavy atom. The molecule has 24 nitrogen and oxygen atoms in total. The van der Waals surface area contributed by atoms with Gasteiger partial charge in [-0.15, -0.1) is 0 Å². The van der Waals surface area contributed by atoms with Crippen LogP contribution in [0.4, 0.5) is 5.69 Å². The van der Waals surface area contributed by atoms with Crippen LogP contribution in [0.25, 0.3) is 0 Å². The molecule has 8 atom stereocenters. The Morgan fingerprint density at radius 2 is 1.71 bits per heavy atom. The molecular formula is C52H77ClN8O16. The molecule has 2 bridgehead atoms. The molecule has 428 valence electrons. The van der Waals surface area contributed by atoms with Crippen molar-refractivity contribution in [3.05, 3.63) is 70.6 Å². The van der Waals surface area contributed by atoms with E-state index in [1.165, 1.54) is 44.2 Å². The highest BCUT2D eigenvalue weighted by atomic mass is 35.5. The number of aliphatic hydroxyl groups is 1. The van der Waals surface area contributed by atoms with E-state index in [9.17, 15) is 38.7 Å². The van der Waals surface area contributed by atoms with Gasteiger partial charge in [0.15, 0.2) is 0 Å². The number of hydrogen-bond donors (Lipinski definition) is 6. The molecule has 1 fully saturated rings. The second-order valence-corrected chi connectivity index (χ2v) is 18.7. The molecule has 1 aromatic carbocycles. The molecular weight excluding hydrogens is 1030 g/mol. The molecule has 3 rings (SSSR count). The smallest absolute Gasteiger partial charge is 0.328 e. The van der Waals surface area contributed by atoms with Crippen LogP contribution in [0, 0.1) is 11.4 Å². The molecule has 2 aliphatic heterocycles. The summed E-state index contributed by atoms with van der Waals surface area (Å²) in [5.41, 5.74) is 8.57. The zero-order valence-electron chi connectivity index (χ0n) is 45.2. The molecule has 0 radical (unpaired) electrons. The van der Waals surface area contributed by atoms with Crippen molar-refractivity contribution >= 4 is 59.6 Å². The maximum atomic E-state index is 14.3. The van der Waals surface area contributed by atoms with Gasteiger partial charge in [0.2, 0.25) is 30.0 Å². The minimum atomic E-state index is -1.26. The van der Waals surface area contributed by atoms with E-state index in [2.05, 4.69) is 26.4 Å². The van der Waals surface area contributed by atoms with Crippen LogP contribution in [-0.4, -0.2) is 195 Å². The van der Waals surface area contributed by atoms with Gasteiger partial charge in [0.1, 0.15) is 47.1 Å². The Balaban J connectivity index is 1.51. The van der Waals surface area contributed by atoms with Crippen LogP contribution in [0.1, 0.15) is 52.5 Å². The van der Waals surface area contributed by atoms with Crippen LogP contribution in [0.2, 0.25) is 5.02 Å². The van der Waals surface area contributed by atoms with E-state index in [4.69, 9.17) is 55.0 Å². The Hall–Kier alpha value is -6.12. The van der Waals surface area contributed by atoms with Gasteiger partial charge in [-0.2, -0.15) is 5.11 Å². The van der Waals surface area contributed by atoms with E-state index in [1.54, 1.807) is 39.1 Å². The average molecular weight is 1110 g/mol. The fourth-order valence-corrected chi connectivity index (χ4v) is 8.27. The number of hydrogen-bond acceptors (Lipinski definition) is 19. The number of nitrogens with zero attached hydrogens (tertiary/aromatic N) is 3. The van der Waals surface area contributed by atoms with Gasteiger partial charge < -0.3 is 74.1 Å². The van der Waals surface area contributed by atoms with Crippen molar-refractivity contribution in [2.45, 2.75) is 95.5 Å². The number of benzene rings is 1. The molecule has 2 heterocycles. The second-order valence-electron chi connectivity index (χ2n) is 18.4. The fraction of sp³-hybridized carbons (Fsp3) is 0.596. The lowest BCUT2D eigenvalue weighted by Gasteiger charge is -2.30. The van der Waals surface area contributed by atoms with Crippen molar-refractivity contribution in [3.63, 3.8) is 0 Å². The molecule has 25 heteroatoms. The lowest BCUT2D eigenvalue weighted by Crippen LogP contribution is -2.48. The molecule has 6 N–H and O–H groups in total. The van der Waals surface area contributed by atoms with E-state index in [1.807, 2.05) is 19.1 Å². The van der Waals surface area contributed by atoms with Crippen molar-refractivity contribution in [3.8, 4) is 5.75 Å². The van der Waals surface area contributed by atoms with E-state index in [0.717, 1.165) is 23.3 Å². The maximum Gasteiger partial charge on any atom is 0.328 e. The molecule has 77 heavy (non-hydrogen) atoms. The number of anilines is 1. The van der Waals surface area contributed by atoms with Gasteiger partial charge in [-0.3, -0.25) is 28.8 Å². The Kier molecular flexibility index (Phi) is 29.3. The number of esters is 1. The highest BCUT2D eigenvalue weighted by molar-refractivity contribution is 6.35. The number of halogens is 1. The topological polar surface area (TPSA) is 308 Å². The first-order valence-electron chi connectivity index (χ1n) is 25.1. The number of amides is 5. The van der Waals surface area contributed by atoms with Crippen molar-refractivity contribution < 1.29 is 76.6 Å². The Bertz CT molecular complexity index is 2250. The number of carbonyl (C=O) groups excluding carboxylic acids is 7. The van der Waals surface area contributed by atoms with Gasteiger partial charge in [-0.1, -0.05) is 42.3 Å². The number of fused-ring (bicyclic) bond motifs is 3. The zero-order chi connectivity index (χ0) is 56.9. The van der Waals surface area contributed by atoms with Gasteiger partial charge in [0.05, 0.1) is 89.8 Å². The Morgan fingerprint density at radius 1 is 1.03 bits per heavy atom. The van der Waals surface area contributed by atoms with Crippen LogP contribution in [-0.2, 0) is 73.1 Å². The van der Waals surface area contributed by atoms with Crippen molar-refractivity contribution in [1.29, 1.82) is 5.53 Å². The second kappa shape index (κ2) is 34.6. The normalized spacial score (nSPS) is 23.6. The first kappa shape index (κ1) is 65.2. The molecule has 0 aromatic heterocycles. The third-order valence-electron chi connectivity index (χ3n) is 12.8. The third-order valence-corrected chi connectivity index (χ3v) is 13.1. The molecule has 1 aromatic rings. The fourth-order valence-electron chi connectivity index (χ4n) is 7.95. The summed E-state index contributed by atoms with van der Waals surface area (Å²) < 4.78 is 45.6. The van der Waals surface area contributed by atoms with Gasteiger partial charge >= 0.3 is 5.97 Å². The van der Waals surface area contributed by atoms with Crippen LogP contribution in [0.15, 0.2) is 65.1 Å². The van der Waals surface area contributed by atoms with Crippen molar-refractivity contribution in [2.24, 2.45) is 11.0 Å². The van der Waals surface area contributed by atoms with E-state index < -0.39 is 71.7 Å². The van der Waals surface area contributed by atoms with Crippen LogP contribution in [0.5, 0.6) is 5.75 Å². The van der Waals surface area contributed by atoms with Crippen molar-refractivity contribution in [2.75, 3.05) is 106 Å². The monoisotopic (exact) mass is 1100 g/mol. The van der Waals surface area contributed by atoms with E-state index in [-0.39, 0.29) is 108 Å². The number of epoxide rings is 1. The molecule has 0 saturated carbocycles. The van der Waals surface area contributed by atoms with Crippen LogP contribution < -0.4 is 30.9 Å². The first-order chi connectivity index (χ1) is 36.8. The summed E-state index contributed by atoms with van der Waals surface area (Å²) in [6.07, 6.45) is 6.85. The van der Waals surface area contributed by atoms with Gasteiger partial charge in [-0.05, 0) is 57.4 Å². The zero-order valence-corrected chi connectivity index (χ0v) is 46.0. The summed E-state index contributed by atoms with van der Waals surface area (Å²) in [6.45, 7) is 8.56. The summed E-state index contributed by atoms with van der Waals surface area (Å²) >= 11 is 6.79. The molecule has 0 aliphatic carbocycles. The summed E-state index contributed by atoms with van der Waals surface area (Å²) in [4.78, 5) is 89.1. The molecule has 5 amide bonds. The predicted molar refractivity (Wildman–Crippen MR) is 282 cm³/mol. The first-order valence-corrected chi connectivity index (χ1v) is 25.5. The van der Waals surface area contributed by atoms with Crippen molar-refractivity contribution in [1.82, 2.24) is 26.2 Å². The number of rotatable bonds is 30. The average Bonchev–Trinajstić information content (AvgIpc) is 4.13. The minimum absolute atomic E-state index is 0.0228. The largest absolute Gasteiger partial charge is 0.495 e. The Labute approximate surface area is 455 Å². The number of carbonyl (C=O) groups is 7. The third kappa shape index (κ3) is 22.0. The molecule has 0 spiro atoms. The molecule has 5 unspecified atom stereocenters. The number of allylic oxidation sites excluding steroid dienone is 4. The minimum Gasteiger partial charge on any atom is -0.495 e. The van der Waals surface area contributed by atoms with Gasteiger partial charge in [0.25, 0.3) is 0 Å². The number of nitrogens with one attached hydrogen (secondary N) is 5. The standard InChI is InChI=1S/C52H77ClN8O16/c1-34-11-9-12-42(70-7)39(58-33-63)28-41(64)35(2)50-52(4,77-50)44(29-47(67)61(6)40-26-37(25-34)27-43(71-8)49(40)53)76-51(69)36(3)60(5)48(68)32-74-19-16-55-30-38(59-54)31-75-24-23-73-22-21-72-20-17-57-46(66)14-15-56-45(65)13-10-18-62/h9-13,18,26-27,30,33,35-36,39,41-42,44,50,54-55,64H,14-17,19-25,28-29,31-32H2,1-8H3,(H,56,65)(H,57,66)(H,58,63)/b12-9+,13-10-,34-11+,38-30-,59-54?/t35-,36+,39?,41?,42?,44?,50?,52+/m1/s1. The molecule has 1 saturated heterocycles. The highest BCUT2D eigenvalue weighted by Crippen LogP contribution is 2.48. The van der Waals surface area contributed by atoms with Gasteiger partial charge in [-0.25, -0.2) is 10.3 Å². The quantitative estimate of drug-likeness (QED) is 0.0161. The van der Waals surface area contributed by atoms with Crippen LogP contribution >= 0.6 is 11.6 Å². The lowest BCUT2D eigenvalue weighted by atomic mass is 9.85. The SMILES string of the molecule is COc1cc2cc(c1Cl)N(C)C(=O)CC(OC(=O)[C@H](C)N(C)C(=O)COCCN/C=C(/COCCOCCOCCNC(=O)CCNC(=O)/C=C\C=O)N=N)[C@]1(C)OC1[C@H](C)C(O)CC(NC=O)C(OC)/C=C/C=C(\C)C2. The number of methoxy groups -OCH3 is 2. The summed E-state index contributed by atoms with van der Waals surface area (Å²) in [5.74, 6) is -2.78. The number of aliphatic hydroxyl groups excluding tert-OH is 1. The predicted octanol–water partition coefficient (Wildman–Crippen LogP) is 2.10. The lowest BCUT2D eigenvalue weighted by molar-refractivity contribution is -0.162. The maximum absolute atomic E-state index is 14.3. The summed E-state index contributed by atoms with van der Waals surface area (Å²) in [5, 5.41) is 26.1. The van der Waals surface area contributed by atoms with Gasteiger partial charge in [0, 0.05) is 65.5 Å². The van der Waals surface area contributed by atoms with E-state index >= 15 is 0 Å². The number of likely N-dealkylation sites (N-methyl/N-ethyl adjacent to an activating group) is 1. The number of aldehydes is 1. The number of ether oxygens (including phenoxy) is 8. The highest BCUT2D eigenvalue weighted by Gasteiger charge is 2.63.